The number of fused-ring (bicyclic) bond motifs is 1. The molecule has 2 aromatic rings. The van der Waals surface area contributed by atoms with Crippen LogP contribution < -0.4 is 5.32 Å². The molecular formula is C14H19N3O3. The summed E-state index contributed by atoms with van der Waals surface area (Å²) in [5.41, 5.74) is 0.867. The summed E-state index contributed by atoms with van der Waals surface area (Å²) in [4.78, 5) is 19.9. The number of carbonyl (C=O) groups excluding carboxylic acids is 1. The van der Waals surface area contributed by atoms with Crippen LogP contribution in [0.15, 0.2) is 10.7 Å². The van der Waals surface area contributed by atoms with E-state index < -0.39 is 6.10 Å². The zero-order chi connectivity index (χ0) is 14.9. The number of aliphatic hydroxyl groups excluding tert-OH is 1. The smallest absolute Gasteiger partial charge is 0.232 e. The maximum Gasteiger partial charge on any atom is 0.232 e. The maximum atomic E-state index is 11.7. The lowest BCUT2D eigenvalue weighted by Gasteiger charge is -2.15. The van der Waals surface area contributed by atoms with E-state index in [1.807, 2.05) is 13.8 Å². The zero-order valence-corrected chi connectivity index (χ0v) is 12.1. The molecule has 1 unspecified atom stereocenters. The van der Waals surface area contributed by atoms with Gasteiger partial charge in [-0.25, -0.2) is 9.97 Å². The van der Waals surface area contributed by atoms with Gasteiger partial charge in [-0.3, -0.25) is 4.79 Å². The summed E-state index contributed by atoms with van der Waals surface area (Å²) in [6, 6.07) is 0. The Bertz CT molecular complexity index is 634. The average molecular weight is 277 g/mol. The second kappa shape index (κ2) is 5.58. The molecule has 2 aromatic heterocycles. The molecule has 0 aliphatic heterocycles. The molecular weight excluding hydrogens is 258 g/mol. The lowest BCUT2D eigenvalue weighted by Crippen LogP contribution is -2.25. The molecule has 2 heterocycles. The number of furan rings is 1. The van der Waals surface area contributed by atoms with Crippen molar-refractivity contribution in [3.8, 4) is 0 Å². The van der Waals surface area contributed by atoms with Crippen LogP contribution in [0.1, 0.15) is 36.9 Å². The molecule has 0 amide bonds. The highest BCUT2D eigenvalue weighted by Gasteiger charge is 2.20. The highest BCUT2D eigenvalue weighted by atomic mass is 16.3. The predicted molar refractivity (Wildman–Crippen MR) is 75.9 cm³/mol. The van der Waals surface area contributed by atoms with Crippen molar-refractivity contribution in [1.82, 2.24) is 9.97 Å². The van der Waals surface area contributed by atoms with Crippen molar-refractivity contribution in [2.24, 2.45) is 5.92 Å². The van der Waals surface area contributed by atoms with Crippen LogP contribution in [0.5, 0.6) is 0 Å². The van der Waals surface area contributed by atoms with Gasteiger partial charge in [-0.2, -0.15) is 0 Å². The molecule has 2 N–H and O–H groups in total. The van der Waals surface area contributed by atoms with Gasteiger partial charge in [0.1, 0.15) is 17.9 Å². The SMILES string of the molecule is CC(=O)c1c(C)oc2ncnc(NCC(O)C(C)C)c12. The topological polar surface area (TPSA) is 88.2 Å². The van der Waals surface area contributed by atoms with Crippen molar-refractivity contribution in [2.75, 3.05) is 11.9 Å². The Balaban J connectivity index is 2.41. The number of carbonyl (C=O) groups is 1. The third-order valence-electron chi connectivity index (χ3n) is 3.26. The summed E-state index contributed by atoms with van der Waals surface area (Å²) in [6.45, 7) is 7.43. The van der Waals surface area contributed by atoms with Crippen LogP contribution in [0.2, 0.25) is 0 Å². The third-order valence-corrected chi connectivity index (χ3v) is 3.26. The van der Waals surface area contributed by atoms with Gasteiger partial charge >= 0.3 is 0 Å². The minimum Gasteiger partial charge on any atom is -0.442 e. The van der Waals surface area contributed by atoms with Crippen LogP contribution in [0.25, 0.3) is 11.1 Å². The quantitative estimate of drug-likeness (QED) is 0.814. The lowest BCUT2D eigenvalue weighted by molar-refractivity contribution is 0.101. The van der Waals surface area contributed by atoms with E-state index in [1.165, 1.54) is 13.3 Å². The number of anilines is 1. The van der Waals surface area contributed by atoms with Crippen molar-refractivity contribution >= 4 is 22.7 Å². The summed E-state index contributed by atoms with van der Waals surface area (Å²) in [6.07, 6.45) is 0.882. The summed E-state index contributed by atoms with van der Waals surface area (Å²) in [5, 5.41) is 13.5. The number of Topliss-reactive ketones (excluding diaryl/α,β-unsaturated/α-hetero) is 1. The summed E-state index contributed by atoms with van der Waals surface area (Å²) < 4.78 is 5.48. The molecule has 0 fully saturated rings. The molecule has 2 rings (SSSR count). The number of aromatic nitrogens is 2. The molecule has 0 saturated carbocycles. The standard InChI is InChI=1S/C14H19N3O3/c1-7(2)10(19)5-15-13-12-11(8(3)18)9(4)20-14(12)17-6-16-13/h6-7,10,19H,5H2,1-4H3,(H,15,16,17). The predicted octanol–water partition coefficient (Wildman–Crippen LogP) is 2.16. The second-order valence-electron chi connectivity index (χ2n) is 5.18. The Hall–Kier alpha value is -1.95. The first kappa shape index (κ1) is 14.5. The van der Waals surface area contributed by atoms with Crippen molar-refractivity contribution < 1.29 is 14.3 Å². The summed E-state index contributed by atoms with van der Waals surface area (Å²) in [7, 11) is 0. The number of aliphatic hydroxyl groups is 1. The van der Waals surface area contributed by atoms with E-state index in [0.717, 1.165) is 0 Å². The number of rotatable bonds is 5. The van der Waals surface area contributed by atoms with Gasteiger partial charge in [0.05, 0.1) is 17.1 Å². The van der Waals surface area contributed by atoms with Gasteiger partial charge in [0.25, 0.3) is 0 Å². The van der Waals surface area contributed by atoms with E-state index in [-0.39, 0.29) is 11.7 Å². The molecule has 6 heteroatoms. The fraction of sp³-hybridized carbons (Fsp3) is 0.500. The van der Waals surface area contributed by atoms with Crippen LogP contribution in [0, 0.1) is 12.8 Å². The molecule has 0 saturated heterocycles. The van der Waals surface area contributed by atoms with Crippen LogP contribution in [0.4, 0.5) is 5.82 Å². The fourth-order valence-corrected chi connectivity index (χ4v) is 2.04. The summed E-state index contributed by atoms with van der Waals surface area (Å²) >= 11 is 0. The number of hydrogen-bond donors (Lipinski definition) is 2. The van der Waals surface area contributed by atoms with E-state index in [2.05, 4.69) is 15.3 Å². The van der Waals surface area contributed by atoms with E-state index in [4.69, 9.17) is 4.42 Å². The minimum absolute atomic E-state index is 0.0940. The van der Waals surface area contributed by atoms with Crippen molar-refractivity contribution in [2.45, 2.75) is 33.8 Å². The van der Waals surface area contributed by atoms with Crippen molar-refractivity contribution in [1.29, 1.82) is 0 Å². The number of nitrogens with zero attached hydrogens (tertiary/aromatic N) is 2. The van der Waals surface area contributed by atoms with Gasteiger partial charge in [-0.05, 0) is 19.8 Å². The fourth-order valence-electron chi connectivity index (χ4n) is 2.04. The molecule has 6 nitrogen and oxygen atoms in total. The zero-order valence-electron chi connectivity index (χ0n) is 12.1. The number of nitrogens with one attached hydrogen (secondary N) is 1. The van der Waals surface area contributed by atoms with Gasteiger partial charge < -0.3 is 14.8 Å². The number of ketones is 1. The third kappa shape index (κ3) is 2.65. The largest absolute Gasteiger partial charge is 0.442 e. The van der Waals surface area contributed by atoms with Gasteiger partial charge in [0.15, 0.2) is 5.78 Å². The highest BCUT2D eigenvalue weighted by Crippen LogP contribution is 2.29. The average Bonchev–Trinajstić information content (AvgIpc) is 2.72. The molecule has 0 radical (unpaired) electrons. The second-order valence-corrected chi connectivity index (χ2v) is 5.18. The minimum atomic E-state index is -0.492. The molecule has 1 atom stereocenters. The Labute approximate surface area is 117 Å². The Kier molecular flexibility index (Phi) is 4.04. The first-order valence-corrected chi connectivity index (χ1v) is 6.58. The van der Waals surface area contributed by atoms with Crippen molar-refractivity contribution in [3.63, 3.8) is 0 Å². The van der Waals surface area contributed by atoms with Gasteiger partial charge in [-0.1, -0.05) is 13.8 Å². The van der Waals surface area contributed by atoms with Crippen LogP contribution >= 0.6 is 0 Å². The van der Waals surface area contributed by atoms with Gasteiger partial charge in [0.2, 0.25) is 5.71 Å². The van der Waals surface area contributed by atoms with E-state index >= 15 is 0 Å². The molecule has 20 heavy (non-hydrogen) atoms. The van der Waals surface area contributed by atoms with Gasteiger partial charge in [-0.15, -0.1) is 0 Å². The molecule has 0 aromatic carbocycles. The Morgan fingerprint density at radius 3 is 2.75 bits per heavy atom. The maximum absolute atomic E-state index is 11.7. The van der Waals surface area contributed by atoms with Crippen LogP contribution in [0.3, 0.4) is 0 Å². The number of hydrogen-bond acceptors (Lipinski definition) is 6. The molecule has 0 aliphatic carbocycles. The van der Waals surface area contributed by atoms with Gasteiger partial charge in [0, 0.05) is 6.54 Å². The van der Waals surface area contributed by atoms with E-state index in [0.29, 0.717) is 34.8 Å². The summed E-state index contributed by atoms with van der Waals surface area (Å²) in [5.74, 6) is 1.08. The molecule has 0 bridgehead atoms. The van der Waals surface area contributed by atoms with Crippen molar-refractivity contribution in [3.05, 3.63) is 17.7 Å². The van der Waals surface area contributed by atoms with Crippen LogP contribution in [-0.4, -0.2) is 33.5 Å². The highest BCUT2D eigenvalue weighted by molar-refractivity contribution is 6.09. The normalized spacial score (nSPS) is 12.9. The number of aryl methyl sites for hydroxylation is 1. The van der Waals surface area contributed by atoms with E-state index in [1.54, 1.807) is 6.92 Å². The molecule has 0 aliphatic rings. The first-order chi connectivity index (χ1) is 9.41. The molecule has 108 valence electrons. The monoisotopic (exact) mass is 277 g/mol. The lowest BCUT2D eigenvalue weighted by atomic mass is 10.1. The Morgan fingerprint density at radius 1 is 1.45 bits per heavy atom. The Morgan fingerprint density at radius 2 is 2.15 bits per heavy atom. The molecule has 0 spiro atoms. The van der Waals surface area contributed by atoms with E-state index in [9.17, 15) is 9.90 Å². The van der Waals surface area contributed by atoms with Crippen LogP contribution in [-0.2, 0) is 0 Å². The first-order valence-electron chi connectivity index (χ1n) is 6.58.